The third kappa shape index (κ3) is 5.04. The molecule has 0 spiro atoms. The summed E-state index contributed by atoms with van der Waals surface area (Å²) < 4.78 is 5.90. The number of nitrogens with zero attached hydrogens (tertiary/aromatic N) is 3. The van der Waals surface area contributed by atoms with Crippen molar-refractivity contribution >= 4 is 51.9 Å². The largest absolute Gasteiger partial charge is 0.456 e. The topological polar surface area (TPSA) is 88.9 Å². The Morgan fingerprint density at radius 1 is 1.09 bits per heavy atom. The van der Waals surface area contributed by atoms with Crippen LogP contribution < -0.4 is 0 Å². The second-order valence-corrected chi connectivity index (χ2v) is 9.87. The Bertz CT molecular complexity index is 1330. The zero-order valence-electron chi connectivity index (χ0n) is 18.7. The summed E-state index contributed by atoms with van der Waals surface area (Å²) in [6.45, 7) is 0. The van der Waals surface area contributed by atoms with Gasteiger partial charge in [0.25, 0.3) is 11.6 Å². The molecule has 178 valence electrons. The highest BCUT2D eigenvalue weighted by molar-refractivity contribution is 8.18. The molecule has 5 rings (SSSR count). The summed E-state index contributed by atoms with van der Waals surface area (Å²) in [6.07, 6.45) is 6.97. The van der Waals surface area contributed by atoms with Crippen molar-refractivity contribution < 1.29 is 14.1 Å². The van der Waals surface area contributed by atoms with Crippen LogP contribution in [-0.4, -0.2) is 26.9 Å². The van der Waals surface area contributed by atoms with Gasteiger partial charge in [0.2, 0.25) is 0 Å². The van der Waals surface area contributed by atoms with Crippen LogP contribution >= 0.6 is 23.4 Å². The van der Waals surface area contributed by atoms with E-state index in [4.69, 9.17) is 21.0 Å². The molecule has 0 N–H and O–H groups in total. The molecule has 2 heterocycles. The second kappa shape index (κ2) is 10.1. The fourth-order valence-corrected chi connectivity index (χ4v) is 5.61. The van der Waals surface area contributed by atoms with E-state index >= 15 is 0 Å². The van der Waals surface area contributed by atoms with Crippen molar-refractivity contribution in [3.63, 3.8) is 0 Å². The van der Waals surface area contributed by atoms with Crippen LogP contribution in [-0.2, 0) is 4.79 Å². The average Bonchev–Trinajstić information content (AvgIpc) is 3.44. The molecule has 3 aromatic rings. The maximum absolute atomic E-state index is 13.5. The van der Waals surface area contributed by atoms with Crippen molar-refractivity contribution in [2.45, 2.75) is 38.1 Å². The first-order valence-corrected chi connectivity index (χ1v) is 12.6. The zero-order chi connectivity index (χ0) is 24.4. The first-order chi connectivity index (χ1) is 17.0. The number of hydrogen-bond acceptors (Lipinski definition) is 6. The number of para-hydroxylation sites is 1. The second-order valence-electron chi connectivity index (χ2n) is 8.43. The van der Waals surface area contributed by atoms with Crippen LogP contribution in [0.2, 0.25) is 5.02 Å². The van der Waals surface area contributed by atoms with Crippen LogP contribution in [0.3, 0.4) is 0 Å². The van der Waals surface area contributed by atoms with Crippen molar-refractivity contribution in [1.82, 2.24) is 4.90 Å². The molecule has 1 aliphatic carbocycles. The van der Waals surface area contributed by atoms with E-state index < -0.39 is 4.92 Å². The minimum Gasteiger partial charge on any atom is -0.456 e. The molecule has 9 heteroatoms. The van der Waals surface area contributed by atoms with E-state index in [0.717, 1.165) is 31.4 Å². The minimum absolute atomic E-state index is 0.0907. The molecule has 35 heavy (non-hydrogen) atoms. The molecular formula is C26H22ClN3O4S. The van der Waals surface area contributed by atoms with Crippen molar-refractivity contribution in [3.8, 4) is 11.3 Å². The molecule has 1 aliphatic heterocycles. The number of thioether (sulfide) groups is 1. The van der Waals surface area contributed by atoms with Gasteiger partial charge in [0, 0.05) is 23.2 Å². The fraction of sp³-hybridized carbons (Fsp3) is 0.231. The number of rotatable bonds is 5. The Morgan fingerprint density at radius 3 is 2.60 bits per heavy atom. The van der Waals surface area contributed by atoms with Crippen molar-refractivity contribution in [2.24, 2.45) is 4.99 Å². The van der Waals surface area contributed by atoms with E-state index in [-0.39, 0.29) is 22.7 Å². The number of nitro benzene ring substituents is 1. The van der Waals surface area contributed by atoms with Crippen LogP contribution in [0.1, 0.15) is 37.9 Å². The molecule has 1 saturated carbocycles. The van der Waals surface area contributed by atoms with Gasteiger partial charge in [-0.3, -0.25) is 19.8 Å². The summed E-state index contributed by atoms with van der Waals surface area (Å²) in [5, 5.41) is 12.4. The van der Waals surface area contributed by atoms with Gasteiger partial charge in [0.15, 0.2) is 5.17 Å². The lowest BCUT2D eigenvalue weighted by Gasteiger charge is -2.30. The Balaban J connectivity index is 1.47. The van der Waals surface area contributed by atoms with Crippen LogP contribution in [0.4, 0.5) is 11.4 Å². The third-order valence-electron chi connectivity index (χ3n) is 6.08. The standard InChI is InChI=1S/C26H22ClN3O4S/c27-17-11-13-21(22(15-17)30(32)33)23-14-12-20(34-23)16-24-25(31)29(19-9-5-2-6-10-19)26(35-24)28-18-7-3-1-4-8-18/h1,3-4,7-8,11-16,19H,2,5-6,9-10H2/b24-16-,28-26?. The predicted octanol–water partition coefficient (Wildman–Crippen LogP) is 7.44. The number of aliphatic imine (C=N–C) groups is 1. The van der Waals surface area contributed by atoms with Crippen LogP contribution in [0, 0.1) is 10.1 Å². The average molecular weight is 508 g/mol. The summed E-state index contributed by atoms with van der Waals surface area (Å²) in [7, 11) is 0. The van der Waals surface area contributed by atoms with Gasteiger partial charge in [-0.2, -0.15) is 0 Å². The van der Waals surface area contributed by atoms with E-state index in [9.17, 15) is 14.9 Å². The lowest BCUT2D eigenvalue weighted by Crippen LogP contribution is -2.40. The van der Waals surface area contributed by atoms with E-state index in [2.05, 4.69) is 0 Å². The van der Waals surface area contributed by atoms with E-state index in [1.165, 1.54) is 24.2 Å². The third-order valence-corrected chi connectivity index (χ3v) is 7.30. The summed E-state index contributed by atoms with van der Waals surface area (Å²) in [5.41, 5.74) is 0.975. The van der Waals surface area contributed by atoms with E-state index in [0.29, 0.717) is 27.2 Å². The maximum Gasteiger partial charge on any atom is 0.281 e. The molecule has 1 aromatic heterocycles. The highest BCUT2D eigenvalue weighted by Gasteiger charge is 2.39. The Labute approximate surface area is 211 Å². The van der Waals surface area contributed by atoms with Crippen molar-refractivity contribution in [3.05, 3.63) is 86.5 Å². The molecule has 0 unspecified atom stereocenters. The van der Waals surface area contributed by atoms with Gasteiger partial charge in [-0.25, -0.2) is 4.99 Å². The number of nitro groups is 1. The summed E-state index contributed by atoms with van der Waals surface area (Å²) in [4.78, 5) is 31.6. The van der Waals surface area contributed by atoms with Gasteiger partial charge >= 0.3 is 0 Å². The maximum atomic E-state index is 13.5. The molecule has 2 aromatic carbocycles. The Hall–Kier alpha value is -3.36. The molecule has 7 nitrogen and oxygen atoms in total. The van der Waals surface area contributed by atoms with Gasteiger partial charge in [-0.05, 0) is 61.0 Å². The normalized spacial score (nSPS) is 19.1. The lowest BCUT2D eigenvalue weighted by atomic mass is 9.94. The van der Waals surface area contributed by atoms with Gasteiger partial charge < -0.3 is 4.42 Å². The summed E-state index contributed by atoms with van der Waals surface area (Å²) in [6, 6.07) is 17.5. The quantitative estimate of drug-likeness (QED) is 0.203. The number of carbonyl (C=O) groups excluding carboxylic acids is 1. The molecule has 1 amide bonds. The van der Waals surface area contributed by atoms with Crippen molar-refractivity contribution in [2.75, 3.05) is 0 Å². The predicted molar refractivity (Wildman–Crippen MR) is 139 cm³/mol. The van der Waals surface area contributed by atoms with Gasteiger partial charge in [-0.1, -0.05) is 49.1 Å². The molecule has 0 radical (unpaired) electrons. The zero-order valence-corrected chi connectivity index (χ0v) is 20.3. The SMILES string of the molecule is O=C1/C(=C/c2ccc(-c3ccc(Cl)cc3[N+](=O)[O-])o2)SC(=Nc2ccccc2)N1C1CCCCC1. The van der Waals surface area contributed by atoms with E-state index in [1.807, 2.05) is 35.2 Å². The molecule has 0 bridgehead atoms. The lowest BCUT2D eigenvalue weighted by molar-refractivity contribution is -0.384. The molecule has 1 saturated heterocycles. The highest BCUT2D eigenvalue weighted by Crippen LogP contribution is 2.39. The van der Waals surface area contributed by atoms with Gasteiger partial charge in [-0.15, -0.1) is 0 Å². The number of amides is 1. The number of hydrogen-bond donors (Lipinski definition) is 0. The number of carbonyl (C=O) groups is 1. The number of furan rings is 1. The minimum atomic E-state index is -0.493. The highest BCUT2D eigenvalue weighted by atomic mass is 35.5. The molecular weight excluding hydrogens is 486 g/mol. The van der Waals surface area contributed by atoms with E-state index in [1.54, 1.807) is 30.3 Å². The smallest absolute Gasteiger partial charge is 0.281 e. The number of benzene rings is 2. The monoisotopic (exact) mass is 507 g/mol. The van der Waals surface area contributed by atoms with Gasteiger partial charge in [0.1, 0.15) is 11.5 Å². The fourth-order valence-electron chi connectivity index (χ4n) is 4.41. The summed E-state index contributed by atoms with van der Waals surface area (Å²) in [5.74, 6) is 0.676. The van der Waals surface area contributed by atoms with Gasteiger partial charge in [0.05, 0.1) is 21.1 Å². The molecule has 2 aliphatic rings. The van der Waals surface area contributed by atoms with Crippen molar-refractivity contribution in [1.29, 1.82) is 0 Å². The van der Waals surface area contributed by atoms with Crippen LogP contribution in [0.5, 0.6) is 0 Å². The molecule has 2 fully saturated rings. The molecule has 0 atom stereocenters. The first-order valence-electron chi connectivity index (χ1n) is 11.4. The Kier molecular flexibility index (Phi) is 6.74. The summed E-state index contributed by atoms with van der Waals surface area (Å²) >= 11 is 7.26. The van der Waals surface area contributed by atoms with Crippen LogP contribution in [0.15, 0.2) is 75.0 Å². The first kappa shape index (κ1) is 23.4. The number of halogens is 1. The number of amidine groups is 1. The van der Waals surface area contributed by atoms with Crippen LogP contribution in [0.25, 0.3) is 17.4 Å². The Morgan fingerprint density at radius 2 is 1.86 bits per heavy atom.